The fourth-order valence-corrected chi connectivity index (χ4v) is 3.55. The highest BCUT2D eigenvalue weighted by molar-refractivity contribution is 5.79. The first-order chi connectivity index (χ1) is 9.79. The fourth-order valence-electron chi connectivity index (χ4n) is 3.55. The molecule has 114 valence electrons. The van der Waals surface area contributed by atoms with Gasteiger partial charge in [0.05, 0.1) is 5.92 Å². The van der Waals surface area contributed by atoms with Gasteiger partial charge >= 0.3 is 5.97 Å². The molecule has 0 N–H and O–H groups in total. The average Bonchev–Trinajstić information content (AvgIpc) is 2.73. The van der Waals surface area contributed by atoms with Crippen LogP contribution < -0.4 is 4.74 Å². The fraction of sp³-hybridized carbons (Fsp3) is 0.611. The Balaban J connectivity index is 1.76. The Kier molecular flexibility index (Phi) is 3.09. The van der Waals surface area contributed by atoms with E-state index in [0.717, 1.165) is 17.7 Å². The summed E-state index contributed by atoms with van der Waals surface area (Å²) in [6, 6.07) is 6.15. The molecule has 0 bridgehead atoms. The lowest BCUT2D eigenvalue weighted by molar-refractivity contribution is -0.153. The molecule has 2 aliphatic rings. The van der Waals surface area contributed by atoms with Gasteiger partial charge in [-0.25, -0.2) is 0 Å². The normalized spacial score (nSPS) is 25.1. The van der Waals surface area contributed by atoms with Crippen LogP contribution in [0.5, 0.6) is 5.75 Å². The van der Waals surface area contributed by atoms with E-state index in [4.69, 9.17) is 9.47 Å². The molecular weight excluding hydrogens is 264 g/mol. The van der Waals surface area contributed by atoms with E-state index in [-0.39, 0.29) is 28.8 Å². The molecule has 0 aromatic heterocycles. The van der Waals surface area contributed by atoms with Gasteiger partial charge in [0.2, 0.25) is 0 Å². The van der Waals surface area contributed by atoms with Crippen LogP contribution in [0.25, 0.3) is 0 Å². The molecule has 21 heavy (non-hydrogen) atoms. The summed E-state index contributed by atoms with van der Waals surface area (Å²) in [4.78, 5) is 12.5. The quantitative estimate of drug-likeness (QED) is 0.791. The van der Waals surface area contributed by atoms with Crippen molar-refractivity contribution in [2.24, 2.45) is 16.7 Å². The van der Waals surface area contributed by atoms with E-state index in [1.54, 1.807) is 0 Å². The molecule has 1 aromatic carbocycles. The van der Waals surface area contributed by atoms with Crippen molar-refractivity contribution < 1.29 is 14.3 Å². The lowest BCUT2D eigenvalue weighted by Gasteiger charge is -2.12. The lowest BCUT2D eigenvalue weighted by Crippen LogP contribution is -2.17. The highest BCUT2D eigenvalue weighted by Crippen LogP contribution is 2.68. The van der Waals surface area contributed by atoms with Crippen LogP contribution in [0.15, 0.2) is 18.2 Å². The van der Waals surface area contributed by atoms with E-state index >= 15 is 0 Å². The van der Waals surface area contributed by atoms with Gasteiger partial charge in [-0.2, -0.15) is 0 Å². The standard InChI is InChI=1S/C18H24O3/c1-6-11-7-8-13-12(9-11)14(10-20-13)21-16(19)15-17(2,3)18(15,4)5/h7-9,14-15H,6,10H2,1-5H3. The molecule has 3 rings (SSSR count). The summed E-state index contributed by atoms with van der Waals surface area (Å²) in [5, 5.41) is 0. The zero-order chi connectivity index (χ0) is 15.4. The van der Waals surface area contributed by atoms with Crippen molar-refractivity contribution in [1.29, 1.82) is 0 Å². The first-order valence-corrected chi connectivity index (χ1v) is 7.75. The molecule has 0 amide bonds. The largest absolute Gasteiger partial charge is 0.489 e. The monoisotopic (exact) mass is 288 g/mol. The van der Waals surface area contributed by atoms with Crippen LogP contribution in [0.4, 0.5) is 0 Å². The maximum absolute atomic E-state index is 12.5. The summed E-state index contributed by atoms with van der Waals surface area (Å²) in [5.74, 6) is 0.732. The number of hydrogen-bond acceptors (Lipinski definition) is 3. The van der Waals surface area contributed by atoms with E-state index in [1.807, 2.05) is 6.07 Å². The first-order valence-electron chi connectivity index (χ1n) is 7.75. The minimum atomic E-state index is -0.258. The summed E-state index contributed by atoms with van der Waals surface area (Å²) < 4.78 is 11.4. The van der Waals surface area contributed by atoms with E-state index in [2.05, 4.69) is 46.8 Å². The molecule has 1 heterocycles. The summed E-state index contributed by atoms with van der Waals surface area (Å²) in [7, 11) is 0. The summed E-state index contributed by atoms with van der Waals surface area (Å²) >= 11 is 0. The zero-order valence-corrected chi connectivity index (χ0v) is 13.5. The number of ether oxygens (including phenoxy) is 2. The smallest absolute Gasteiger partial charge is 0.310 e. The second kappa shape index (κ2) is 4.49. The van der Waals surface area contributed by atoms with Crippen molar-refractivity contribution in [2.45, 2.75) is 47.1 Å². The van der Waals surface area contributed by atoms with Crippen molar-refractivity contribution in [3.05, 3.63) is 29.3 Å². The van der Waals surface area contributed by atoms with Gasteiger partial charge in [-0.3, -0.25) is 4.79 Å². The molecule has 0 radical (unpaired) electrons. The third-order valence-corrected chi connectivity index (χ3v) is 5.73. The van der Waals surface area contributed by atoms with Crippen LogP contribution in [-0.2, 0) is 16.0 Å². The average molecular weight is 288 g/mol. The van der Waals surface area contributed by atoms with E-state index in [0.29, 0.717) is 6.61 Å². The zero-order valence-electron chi connectivity index (χ0n) is 13.5. The van der Waals surface area contributed by atoms with Gasteiger partial charge in [0, 0.05) is 5.56 Å². The van der Waals surface area contributed by atoms with Gasteiger partial charge in [-0.1, -0.05) is 40.7 Å². The molecule has 1 saturated carbocycles. The van der Waals surface area contributed by atoms with Crippen molar-refractivity contribution in [3.8, 4) is 5.75 Å². The molecule has 0 spiro atoms. The molecule has 0 saturated heterocycles. The second-order valence-electron chi connectivity index (χ2n) is 7.34. The first kappa shape index (κ1) is 14.4. The molecule has 1 aliphatic carbocycles. The van der Waals surface area contributed by atoms with Crippen molar-refractivity contribution in [1.82, 2.24) is 0 Å². The van der Waals surface area contributed by atoms with E-state index in [9.17, 15) is 4.79 Å². The topological polar surface area (TPSA) is 35.5 Å². The molecule has 1 aromatic rings. The summed E-state index contributed by atoms with van der Waals surface area (Å²) in [6.07, 6.45) is 0.711. The van der Waals surface area contributed by atoms with Gasteiger partial charge in [-0.05, 0) is 34.9 Å². The third kappa shape index (κ3) is 2.05. The van der Waals surface area contributed by atoms with Crippen LogP contribution in [0.2, 0.25) is 0 Å². The number of fused-ring (bicyclic) bond motifs is 1. The maximum Gasteiger partial charge on any atom is 0.310 e. The Bertz CT molecular complexity index is 572. The summed E-state index contributed by atoms with van der Waals surface area (Å²) in [6.45, 7) is 11.1. The van der Waals surface area contributed by atoms with Crippen LogP contribution in [0.1, 0.15) is 51.8 Å². The highest BCUT2D eigenvalue weighted by atomic mass is 16.6. The minimum Gasteiger partial charge on any atom is -0.489 e. The molecule has 3 heteroatoms. The van der Waals surface area contributed by atoms with Crippen molar-refractivity contribution in [3.63, 3.8) is 0 Å². The Morgan fingerprint density at radius 3 is 2.52 bits per heavy atom. The Labute approximate surface area is 126 Å². The summed E-state index contributed by atoms with van der Waals surface area (Å²) in [5.41, 5.74) is 2.28. The highest BCUT2D eigenvalue weighted by Gasteiger charge is 2.69. The minimum absolute atomic E-state index is 0.0115. The van der Waals surface area contributed by atoms with Crippen LogP contribution >= 0.6 is 0 Å². The number of carbonyl (C=O) groups is 1. The lowest BCUT2D eigenvalue weighted by atomic mass is 10.0. The number of hydrogen-bond donors (Lipinski definition) is 0. The predicted molar refractivity (Wildman–Crippen MR) is 81.2 cm³/mol. The van der Waals surface area contributed by atoms with Crippen molar-refractivity contribution >= 4 is 5.97 Å². The Morgan fingerprint density at radius 1 is 1.29 bits per heavy atom. The molecule has 1 atom stereocenters. The van der Waals surface area contributed by atoms with Crippen LogP contribution in [-0.4, -0.2) is 12.6 Å². The number of esters is 1. The maximum atomic E-state index is 12.5. The molecule has 1 aliphatic heterocycles. The number of aryl methyl sites for hydroxylation is 1. The third-order valence-electron chi connectivity index (χ3n) is 5.73. The van der Waals surface area contributed by atoms with Gasteiger partial charge in [0.15, 0.2) is 6.10 Å². The Hall–Kier alpha value is -1.51. The number of rotatable bonds is 3. The van der Waals surface area contributed by atoms with E-state index in [1.165, 1.54) is 5.56 Å². The van der Waals surface area contributed by atoms with Gasteiger partial charge in [0.1, 0.15) is 12.4 Å². The number of benzene rings is 1. The predicted octanol–water partition coefficient (Wildman–Crippen LogP) is 3.91. The van der Waals surface area contributed by atoms with Gasteiger partial charge < -0.3 is 9.47 Å². The van der Waals surface area contributed by atoms with Crippen molar-refractivity contribution in [2.75, 3.05) is 6.61 Å². The molecule has 1 unspecified atom stereocenters. The SMILES string of the molecule is CCc1ccc2c(c1)C(OC(=O)C1C(C)(C)C1(C)C)CO2. The second-order valence-corrected chi connectivity index (χ2v) is 7.34. The van der Waals surface area contributed by atoms with Crippen LogP contribution in [0.3, 0.4) is 0 Å². The van der Waals surface area contributed by atoms with E-state index < -0.39 is 0 Å². The van der Waals surface area contributed by atoms with Crippen LogP contribution in [0, 0.1) is 16.7 Å². The molecular formula is C18H24O3. The number of carbonyl (C=O) groups excluding carboxylic acids is 1. The van der Waals surface area contributed by atoms with Gasteiger partial charge in [0.25, 0.3) is 0 Å². The molecule has 1 fully saturated rings. The van der Waals surface area contributed by atoms with Gasteiger partial charge in [-0.15, -0.1) is 0 Å². The Morgan fingerprint density at radius 2 is 1.95 bits per heavy atom. The molecule has 3 nitrogen and oxygen atoms in total.